The molecular weight excluding hydrogens is 748 g/mol. The first-order valence-electron chi connectivity index (χ1n) is 20.4. The number of ether oxygens (including phenoxy) is 1. The lowest BCUT2D eigenvalue weighted by atomic mass is 9.87. The van der Waals surface area contributed by atoms with Crippen molar-refractivity contribution in [2.45, 2.75) is 128 Å². The molecule has 318 valence electrons. The van der Waals surface area contributed by atoms with Crippen LogP contribution in [-0.4, -0.2) is 96.1 Å². The standard InChI is InChI=1S/C43H61FN6O8/c1-25(2)36-41(55)45-20-9-21-58-32-18-14-30(15-19-32)24-35(40(54)49-36)48-43(57)38(52)33(22-28-10-7-6-8-11-28)47-42(56)37(26(3)4)50-39(53)34(46-27(5)51)23-29-12-16-31(44)17-13-29/h6-8,10-11,14-16,18,25-26,29,32-38,52H,9,12-13,17,19-24H2,1-5H3,(H,45,55)(H,46,51)(H,47,56)(H,48,57)(H,49,54)(H,50,53)/t29?,32?,33?,34?,35?,36?,37-,38+/m0/s1. The van der Waals surface area contributed by atoms with Crippen molar-refractivity contribution in [2.24, 2.45) is 17.8 Å². The van der Waals surface area contributed by atoms with Crippen LogP contribution in [0.5, 0.6) is 0 Å². The molecular formula is C43H61FN6O8. The maximum atomic E-state index is 14.0. The minimum absolute atomic E-state index is 0.0158. The van der Waals surface area contributed by atoms with Gasteiger partial charge in [0.05, 0.1) is 18.0 Å². The summed E-state index contributed by atoms with van der Waals surface area (Å²) in [6, 6.07) is 3.49. The SMILES string of the molecule is CC(=O)NC(CC1CC=C(F)CC1)C(=O)N[C@H](C(=O)NC(Cc1ccccc1)[C@@H](O)C(=O)NC1CC2=CCC(C=C2)OCCCNC(=O)C(C(C)C)NC1=O)C(C)C. The van der Waals surface area contributed by atoms with Crippen molar-refractivity contribution in [3.05, 3.63) is 71.6 Å². The highest BCUT2D eigenvalue weighted by atomic mass is 19.1. The predicted molar refractivity (Wildman–Crippen MR) is 216 cm³/mol. The van der Waals surface area contributed by atoms with Gasteiger partial charge in [0, 0.05) is 26.5 Å². The average molecular weight is 809 g/mol. The lowest BCUT2D eigenvalue weighted by Gasteiger charge is -2.31. The summed E-state index contributed by atoms with van der Waals surface area (Å²) in [6.45, 7) is 9.13. The van der Waals surface area contributed by atoms with Crippen LogP contribution in [0.1, 0.15) is 85.1 Å². The number of carbonyl (C=O) groups excluding carboxylic acids is 6. The molecule has 0 spiro atoms. The number of aliphatic hydroxyl groups excluding tert-OH is 1. The van der Waals surface area contributed by atoms with Crippen LogP contribution < -0.4 is 31.9 Å². The summed E-state index contributed by atoms with van der Waals surface area (Å²) >= 11 is 0. The molecule has 4 aliphatic rings. The Kier molecular flexibility index (Phi) is 17.6. The molecule has 6 amide bonds. The monoisotopic (exact) mass is 808 g/mol. The Balaban J connectivity index is 1.55. The number of carbonyl (C=O) groups is 6. The van der Waals surface area contributed by atoms with E-state index in [1.165, 1.54) is 13.0 Å². The summed E-state index contributed by atoms with van der Waals surface area (Å²) in [5, 5.41) is 28.2. The van der Waals surface area contributed by atoms with E-state index in [2.05, 4.69) is 31.9 Å². The number of fused-ring (bicyclic) bond motifs is 11. The predicted octanol–water partition coefficient (Wildman–Crippen LogP) is 2.57. The minimum atomic E-state index is -1.86. The number of hydrogen-bond donors (Lipinski definition) is 7. The van der Waals surface area contributed by atoms with Crippen LogP contribution in [0.4, 0.5) is 4.39 Å². The van der Waals surface area contributed by atoms with Crippen LogP contribution in [0.15, 0.2) is 66.0 Å². The number of rotatable bonds is 14. The molecule has 0 saturated carbocycles. The highest BCUT2D eigenvalue weighted by molar-refractivity contribution is 5.94. The largest absolute Gasteiger partial charge is 0.381 e. The van der Waals surface area contributed by atoms with Crippen molar-refractivity contribution in [1.82, 2.24) is 31.9 Å². The quantitative estimate of drug-likeness (QED) is 0.149. The Morgan fingerprint density at radius 2 is 1.69 bits per heavy atom. The minimum Gasteiger partial charge on any atom is -0.381 e. The van der Waals surface area contributed by atoms with Gasteiger partial charge in [0.15, 0.2) is 6.10 Å². The van der Waals surface area contributed by atoms with E-state index in [1.54, 1.807) is 58.0 Å². The number of benzene rings is 1. The van der Waals surface area contributed by atoms with Gasteiger partial charge in [-0.1, -0.05) is 82.3 Å². The smallest absolute Gasteiger partial charge is 0.251 e. The van der Waals surface area contributed by atoms with Gasteiger partial charge in [-0.25, -0.2) is 4.39 Å². The average Bonchev–Trinajstić information content (AvgIpc) is 3.19. The molecule has 2 aliphatic carbocycles. The summed E-state index contributed by atoms with van der Waals surface area (Å²) in [5.41, 5.74) is 1.45. The van der Waals surface area contributed by atoms with E-state index in [1.807, 2.05) is 18.2 Å². The zero-order valence-corrected chi connectivity index (χ0v) is 34.2. The normalized spacial score (nSPS) is 23.7. The van der Waals surface area contributed by atoms with Gasteiger partial charge in [0.25, 0.3) is 5.91 Å². The second-order valence-electron chi connectivity index (χ2n) is 16.2. The molecule has 5 rings (SSSR count). The number of aliphatic hydroxyl groups is 1. The molecule has 14 nitrogen and oxygen atoms in total. The van der Waals surface area contributed by atoms with E-state index in [9.17, 15) is 38.3 Å². The molecule has 0 aromatic heterocycles. The lowest BCUT2D eigenvalue weighted by Crippen LogP contribution is -2.61. The summed E-state index contributed by atoms with van der Waals surface area (Å²) in [7, 11) is 0. The Morgan fingerprint density at radius 1 is 0.948 bits per heavy atom. The first-order valence-corrected chi connectivity index (χ1v) is 20.4. The molecule has 2 heterocycles. The number of halogens is 1. The van der Waals surface area contributed by atoms with Gasteiger partial charge >= 0.3 is 0 Å². The Morgan fingerprint density at radius 3 is 2.31 bits per heavy atom. The molecule has 58 heavy (non-hydrogen) atoms. The summed E-state index contributed by atoms with van der Waals surface area (Å²) in [5.74, 6) is -4.62. The van der Waals surface area contributed by atoms with E-state index in [0.29, 0.717) is 44.4 Å². The fraction of sp³-hybridized carbons (Fsp3) is 0.581. The highest BCUT2D eigenvalue weighted by Crippen LogP contribution is 2.28. The molecule has 8 atom stereocenters. The van der Waals surface area contributed by atoms with Crippen LogP contribution in [-0.2, 0) is 39.9 Å². The van der Waals surface area contributed by atoms with Gasteiger partial charge in [-0.15, -0.1) is 0 Å². The number of allylic oxidation sites excluding steroid dienone is 3. The Bertz CT molecular complexity index is 1700. The molecule has 0 saturated heterocycles. The fourth-order valence-corrected chi connectivity index (χ4v) is 7.27. The maximum absolute atomic E-state index is 14.0. The van der Waals surface area contributed by atoms with Crippen molar-refractivity contribution >= 4 is 35.4 Å². The molecule has 7 N–H and O–H groups in total. The first-order chi connectivity index (χ1) is 27.6. The van der Waals surface area contributed by atoms with Gasteiger partial charge in [-0.2, -0.15) is 0 Å². The van der Waals surface area contributed by atoms with Gasteiger partial charge in [-0.3, -0.25) is 28.8 Å². The van der Waals surface area contributed by atoms with E-state index in [0.717, 1.165) is 5.57 Å². The van der Waals surface area contributed by atoms with E-state index in [-0.39, 0.29) is 55.4 Å². The molecule has 0 fully saturated rings. The third kappa shape index (κ3) is 14.2. The molecule has 0 radical (unpaired) electrons. The third-order valence-corrected chi connectivity index (χ3v) is 10.7. The summed E-state index contributed by atoms with van der Waals surface area (Å²) in [4.78, 5) is 80.8. The Hall–Kier alpha value is -4.89. The molecule has 1 aromatic carbocycles. The molecule has 1 aromatic rings. The fourth-order valence-electron chi connectivity index (χ4n) is 7.27. The van der Waals surface area contributed by atoms with E-state index >= 15 is 0 Å². The maximum Gasteiger partial charge on any atom is 0.251 e. The van der Waals surface area contributed by atoms with Gasteiger partial charge in [0.2, 0.25) is 29.5 Å². The number of amides is 6. The summed E-state index contributed by atoms with van der Waals surface area (Å²) < 4.78 is 19.6. The highest BCUT2D eigenvalue weighted by Gasteiger charge is 2.36. The zero-order valence-electron chi connectivity index (χ0n) is 34.2. The van der Waals surface area contributed by atoms with Crippen molar-refractivity contribution < 1.29 is 43.0 Å². The van der Waals surface area contributed by atoms with E-state index in [4.69, 9.17) is 4.74 Å². The van der Waals surface area contributed by atoms with Crippen molar-refractivity contribution in [1.29, 1.82) is 0 Å². The van der Waals surface area contributed by atoms with E-state index < -0.39 is 71.8 Å². The molecule has 2 bridgehead atoms. The second-order valence-corrected chi connectivity index (χ2v) is 16.2. The van der Waals surface area contributed by atoms with Crippen LogP contribution in [0, 0.1) is 17.8 Å². The first kappa shape index (κ1) is 45.8. The number of nitrogens with one attached hydrogen (secondary N) is 6. The lowest BCUT2D eigenvalue weighted by molar-refractivity contribution is -0.138. The van der Waals surface area contributed by atoms with Gasteiger partial charge in [0.1, 0.15) is 24.2 Å². The number of hydrogen-bond acceptors (Lipinski definition) is 8. The molecule has 6 unspecified atom stereocenters. The van der Waals surface area contributed by atoms with Gasteiger partial charge < -0.3 is 41.7 Å². The third-order valence-electron chi connectivity index (χ3n) is 10.7. The Labute approximate surface area is 340 Å². The summed E-state index contributed by atoms with van der Waals surface area (Å²) in [6.07, 6.45) is 7.75. The van der Waals surface area contributed by atoms with Crippen LogP contribution in [0.3, 0.4) is 0 Å². The molecule has 15 heteroatoms. The van der Waals surface area contributed by atoms with Gasteiger partial charge in [-0.05, 0) is 73.8 Å². The topological polar surface area (TPSA) is 204 Å². The van der Waals surface area contributed by atoms with Crippen LogP contribution in [0.2, 0.25) is 0 Å². The van der Waals surface area contributed by atoms with Crippen molar-refractivity contribution in [3.8, 4) is 0 Å². The van der Waals surface area contributed by atoms with Crippen molar-refractivity contribution in [3.63, 3.8) is 0 Å². The second kappa shape index (κ2) is 22.3. The van der Waals surface area contributed by atoms with Crippen molar-refractivity contribution in [2.75, 3.05) is 13.2 Å². The zero-order chi connectivity index (χ0) is 42.4. The van der Waals surface area contributed by atoms with Crippen LogP contribution in [0.25, 0.3) is 0 Å². The molecule has 2 aliphatic heterocycles. The van der Waals surface area contributed by atoms with Crippen LogP contribution >= 0.6 is 0 Å².